The van der Waals surface area contributed by atoms with E-state index in [0.717, 1.165) is 17.8 Å². The van der Waals surface area contributed by atoms with E-state index >= 15 is 0 Å². The van der Waals surface area contributed by atoms with Gasteiger partial charge in [-0.25, -0.2) is 13.8 Å². The summed E-state index contributed by atoms with van der Waals surface area (Å²) in [6, 6.07) is 0.892. The van der Waals surface area contributed by atoms with E-state index in [4.69, 9.17) is 28.5 Å². The van der Waals surface area contributed by atoms with Crippen molar-refractivity contribution in [2.45, 2.75) is 0 Å². The van der Waals surface area contributed by atoms with Gasteiger partial charge in [0.25, 0.3) is 0 Å². The third-order valence-corrected chi connectivity index (χ3v) is 2.95. The van der Waals surface area contributed by atoms with E-state index in [1.807, 2.05) is 0 Å². The summed E-state index contributed by atoms with van der Waals surface area (Å²) in [7, 11) is 0. The number of hydrogen-bond donors (Lipinski definition) is 1. The monoisotopic (exact) mass is 295 g/mol. The quantitative estimate of drug-likeness (QED) is 0.215. The normalized spacial score (nSPS) is 11.2. The highest BCUT2D eigenvalue weighted by Gasteiger charge is 2.15. The molecule has 3 nitrogen and oxygen atoms in total. The van der Waals surface area contributed by atoms with E-state index in [0.29, 0.717) is 0 Å². The lowest BCUT2D eigenvalue weighted by Gasteiger charge is -2.05. The van der Waals surface area contributed by atoms with Crippen LogP contribution in [-0.2, 0) is 0 Å². The van der Waals surface area contributed by atoms with Gasteiger partial charge in [-0.05, 0) is 6.26 Å². The van der Waals surface area contributed by atoms with Crippen molar-refractivity contribution in [1.29, 1.82) is 5.26 Å². The number of benzene rings is 1. The molecule has 0 bridgehead atoms. The first-order valence-electron chi connectivity index (χ1n) is 4.12. The van der Waals surface area contributed by atoms with Gasteiger partial charge in [-0.3, -0.25) is 5.32 Å². The Morgan fingerprint density at radius 3 is 2.65 bits per heavy atom. The van der Waals surface area contributed by atoms with E-state index in [9.17, 15) is 8.78 Å². The molecule has 1 aromatic carbocycles. The van der Waals surface area contributed by atoms with Gasteiger partial charge in [-0.1, -0.05) is 35.0 Å². The molecule has 0 heterocycles. The number of nitriles is 1. The summed E-state index contributed by atoms with van der Waals surface area (Å²) < 4.78 is 26.5. The Balaban J connectivity index is 3.29. The first-order chi connectivity index (χ1) is 8.01. The van der Waals surface area contributed by atoms with Crippen molar-refractivity contribution >= 4 is 45.8 Å². The molecular formula is C9H5Cl2F2N3S. The van der Waals surface area contributed by atoms with E-state index < -0.39 is 21.7 Å². The minimum atomic E-state index is -1.08. The fourth-order valence-electron chi connectivity index (χ4n) is 0.924. The molecule has 0 atom stereocenters. The number of amidine groups is 1. The average Bonchev–Trinajstić information content (AvgIpc) is 2.32. The minimum Gasteiger partial charge on any atom is -0.271 e. The number of nitrogens with zero attached hydrogens (tertiary/aromatic N) is 2. The predicted octanol–water partition coefficient (Wildman–Crippen LogP) is 3.69. The summed E-state index contributed by atoms with van der Waals surface area (Å²) in [6.45, 7) is 0. The largest absolute Gasteiger partial charge is 0.271 e. The van der Waals surface area contributed by atoms with E-state index in [1.54, 1.807) is 12.4 Å². The van der Waals surface area contributed by atoms with Gasteiger partial charge in [-0.15, -0.1) is 0 Å². The summed E-state index contributed by atoms with van der Waals surface area (Å²) in [5, 5.41) is 9.73. The molecule has 0 aromatic heterocycles. The lowest BCUT2D eigenvalue weighted by Crippen LogP contribution is -2.12. The predicted molar refractivity (Wildman–Crippen MR) is 65.7 cm³/mol. The minimum absolute atomic E-state index is 0.141. The first kappa shape index (κ1) is 14.0. The van der Waals surface area contributed by atoms with Gasteiger partial charge in [0.15, 0.2) is 17.2 Å². The van der Waals surface area contributed by atoms with Crippen LogP contribution in [0.4, 0.5) is 14.5 Å². The van der Waals surface area contributed by atoms with Crippen molar-refractivity contribution in [1.82, 2.24) is 5.32 Å². The number of rotatable bonds is 1. The summed E-state index contributed by atoms with van der Waals surface area (Å²) in [6.07, 6.45) is 3.28. The third-order valence-electron chi connectivity index (χ3n) is 1.66. The van der Waals surface area contributed by atoms with Crippen molar-refractivity contribution in [3.63, 3.8) is 0 Å². The third kappa shape index (κ3) is 3.22. The number of hydrogen-bond acceptors (Lipinski definition) is 3. The molecule has 0 fully saturated rings. The van der Waals surface area contributed by atoms with E-state index in [1.165, 1.54) is 0 Å². The summed E-state index contributed by atoms with van der Waals surface area (Å²) in [5.74, 6) is -2.05. The Hall–Kier alpha value is -1.03. The molecule has 0 aliphatic carbocycles. The number of aliphatic imine (C=N–C) groups is 1. The molecule has 0 amide bonds. The molecule has 0 spiro atoms. The van der Waals surface area contributed by atoms with Crippen molar-refractivity contribution in [3.05, 3.63) is 27.7 Å². The second-order valence-electron chi connectivity index (χ2n) is 2.68. The molecule has 0 unspecified atom stereocenters. The van der Waals surface area contributed by atoms with Crippen molar-refractivity contribution in [2.75, 3.05) is 6.26 Å². The van der Waals surface area contributed by atoms with Crippen LogP contribution in [0.2, 0.25) is 10.0 Å². The van der Waals surface area contributed by atoms with Crippen LogP contribution in [0.1, 0.15) is 0 Å². The molecule has 0 radical (unpaired) electrons. The zero-order valence-electron chi connectivity index (χ0n) is 8.39. The Bertz CT molecular complexity index is 514. The van der Waals surface area contributed by atoms with Crippen molar-refractivity contribution < 1.29 is 8.78 Å². The van der Waals surface area contributed by atoms with Gasteiger partial charge in [0.05, 0.1) is 5.69 Å². The van der Waals surface area contributed by atoms with Gasteiger partial charge in [0.2, 0.25) is 0 Å². The van der Waals surface area contributed by atoms with Crippen molar-refractivity contribution in [2.24, 2.45) is 4.99 Å². The Kier molecular flexibility index (Phi) is 5.00. The van der Waals surface area contributed by atoms with Crippen molar-refractivity contribution in [3.8, 4) is 6.19 Å². The van der Waals surface area contributed by atoms with Crippen LogP contribution in [-0.4, -0.2) is 11.4 Å². The second-order valence-corrected chi connectivity index (χ2v) is 4.23. The highest BCUT2D eigenvalue weighted by atomic mass is 35.5. The van der Waals surface area contributed by atoms with Crippen LogP contribution in [0, 0.1) is 23.1 Å². The van der Waals surface area contributed by atoms with Gasteiger partial charge in [0.1, 0.15) is 15.9 Å². The van der Waals surface area contributed by atoms with Gasteiger partial charge >= 0.3 is 0 Å². The fourth-order valence-corrected chi connectivity index (χ4v) is 1.65. The smallest absolute Gasteiger partial charge is 0.183 e. The molecule has 8 heteroatoms. The molecule has 1 N–H and O–H groups in total. The summed E-state index contributed by atoms with van der Waals surface area (Å²) >= 11 is 12.0. The van der Waals surface area contributed by atoms with Gasteiger partial charge in [-0.2, -0.15) is 5.26 Å². The lowest BCUT2D eigenvalue weighted by molar-refractivity contribution is 0.585. The zero-order valence-corrected chi connectivity index (χ0v) is 10.7. The standard InChI is InChI=1S/C9H5Cl2F2N3S/c1-17-9(15-3-14)16-5-2-4(12)6(10)8(13)7(5)11/h2H,1H3,(H,15,16). The SMILES string of the molecule is CSC(=Nc1cc(F)c(Cl)c(F)c1Cl)NC#N. The van der Waals surface area contributed by atoms with Crippen LogP contribution in [0.25, 0.3) is 0 Å². The molecule has 90 valence electrons. The van der Waals surface area contributed by atoms with Crippen LogP contribution in [0.15, 0.2) is 11.1 Å². The van der Waals surface area contributed by atoms with Gasteiger partial charge in [0, 0.05) is 6.07 Å². The number of nitrogens with one attached hydrogen (secondary N) is 1. The Labute approximate surface area is 110 Å². The average molecular weight is 296 g/mol. The van der Waals surface area contributed by atoms with Crippen LogP contribution < -0.4 is 5.32 Å². The molecule has 0 saturated carbocycles. The maximum absolute atomic E-state index is 13.3. The van der Waals surface area contributed by atoms with E-state index in [2.05, 4.69) is 10.3 Å². The Morgan fingerprint density at radius 1 is 1.47 bits per heavy atom. The fraction of sp³-hybridized carbons (Fsp3) is 0.111. The zero-order chi connectivity index (χ0) is 13.0. The first-order valence-corrected chi connectivity index (χ1v) is 6.10. The summed E-state index contributed by atoms with van der Waals surface area (Å²) in [4.78, 5) is 3.80. The molecule has 0 aliphatic rings. The molecule has 1 aromatic rings. The van der Waals surface area contributed by atoms with Crippen LogP contribution >= 0.6 is 35.0 Å². The highest BCUT2D eigenvalue weighted by molar-refractivity contribution is 8.13. The summed E-state index contributed by atoms with van der Waals surface area (Å²) in [5.41, 5.74) is -0.141. The molecule has 17 heavy (non-hydrogen) atoms. The molecule has 0 saturated heterocycles. The number of thioether (sulfide) groups is 1. The lowest BCUT2D eigenvalue weighted by atomic mass is 10.3. The van der Waals surface area contributed by atoms with Gasteiger partial charge < -0.3 is 0 Å². The molecular weight excluding hydrogens is 291 g/mol. The maximum Gasteiger partial charge on any atom is 0.183 e. The Morgan fingerprint density at radius 2 is 2.12 bits per heavy atom. The van der Waals surface area contributed by atoms with Crippen LogP contribution in [0.5, 0.6) is 0 Å². The molecule has 0 aliphatic heterocycles. The maximum atomic E-state index is 13.3. The second kappa shape index (κ2) is 6.05. The number of halogens is 4. The highest BCUT2D eigenvalue weighted by Crippen LogP contribution is 2.34. The van der Waals surface area contributed by atoms with E-state index in [-0.39, 0.29) is 10.9 Å². The topological polar surface area (TPSA) is 48.2 Å². The molecule has 1 rings (SSSR count). The van der Waals surface area contributed by atoms with Crippen LogP contribution in [0.3, 0.4) is 0 Å².